The number of benzene rings is 1. The molecule has 1 fully saturated rings. The van der Waals surface area contributed by atoms with Gasteiger partial charge in [0.25, 0.3) is 5.91 Å². The number of ether oxygens (including phenoxy) is 1. The third kappa shape index (κ3) is 6.65. The van der Waals surface area contributed by atoms with Crippen LogP contribution in [-0.2, 0) is 5.41 Å². The minimum absolute atomic E-state index is 0.0223. The lowest BCUT2D eigenvalue weighted by Crippen LogP contribution is -2.41. The van der Waals surface area contributed by atoms with E-state index in [-0.39, 0.29) is 17.4 Å². The maximum absolute atomic E-state index is 13.0. The summed E-state index contributed by atoms with van der Waals surface area (Å²) in [6.07, 6.45) is 3.05. The van der Waals surface area contributed by atoms with Crippen LogP contribution < -0.4 is 15.4 Å². The zero-order chi connectivity index (χ0) is 30.0. The van der Waals surface area contributed by atoms with Crippen molar-refractivity contribution in [3.05, 3.63) is 81.3 Å². The lowest BCUT2D eigenvalue weighted by Gasteiger charge is -2.32. The number of likely N-dealkylation sites (tertiary alicyclic amines) is 1. The van der Waals surface area contributed by atoms with Crippen molar-refractivity contribution in [2.24, 2.45) is 0 Å². The largest absolute Gasteiger partial charge is 0.474 e. The van der Waals surface area contributed by atoms with Crippen molar-refractivity contribution < 1.29 is 14.3 Å². The van der Waals surface area contributed by atoms with Crippen LogP contribution in [0, 0.1) is 20.8 Å². The number of aromatic nitrogens is 3. The van der Waals surface area contributed by atoms with Gasteiger partial charge in [0.2, 0.25) is 5.88 Å². The first-order chi connectivity index (χ1) is 20.0. The molecular weight excluding hydrogens is 548 g/mol. The van der Waals surface area contributed by atoms with Gasteiger partial charge in [-0.3, -0.25) is 10.1 Å². The van der Waals surface area contributed by atoms with E-state index in [0.29, 0.717) is 30.5 Å². The summed E-state index contributed by atoms with van der Waals surface area (Å²) in [6.45, 7) is 13.5. The summed E-state index contributed by atoms with van der Waals surface area (Å²) in [5, 5.41) is 12.6. The van der Waals surface area contributed by atoms with Crippen molar-refractivity contribution in [2.45, 2.75) is 65.9 Å². The van der Waals surface area contributed by atoms with Crippen LogP contribution in [0.1, 0.15) is 65.7 Å². The molecule has 0 aliphatic carbocycles. The van der Waals surface area contributed by atoms with Crippen LogP contribution >= 0.6 is 11.3 Å². The molecule has 0 bridgehead atoms. The Kier molecular flexibility index (Phi) is 8.36. The van der Waals surface area contributed by atoms with Gasteiger partial charge in [0.1, 0.15) is 11.9 Å². The standard InChI is InChI=1S/C32H38N6O3S/c1-20-7-9-24(10-8-20)38-27(18-26(36-38)32(4,5)6)35-31(40)34-23-17-22(3)29(33-19-23)41-25-11-14-37(15-12-25)30(39)28-21(2)13-16-42-28/h7-10,13,16-19,25H,11-12,14-15H2,1-6H3,(H2,34,35,40). The number of piperidine rings is 1. The van der Waals surface area contributed by atoms with Crippen LogP contribution in [0.25, 0.3) is 5.69 Å². The van der Waals surface area contributed by atoms with Crippen LogP contribution in [0.4, 0.5) is 16.3 Å². The fourth-order valence-electron chi connectivity index (χ4n) is 4.82. The Hall–Kier alpha value is -4.18. The van der Waals surface area contributed by atoms with E-state index in [0.717, 1.165) is 45.8 Å². The normalized spacial score (nSPS) is 14.1. The van der Waals surface area contributed by atoms with Gasteiger partial charge in [-0.05, 0) is 56.0 Å². The molecule has 9 nitrogen and oxygen atoms in total. The lowest BCUT2D eigenvalue weighted by atomic mass is 9.92. The molecule has 2 N–H and O–H groups in total. The zero-order valence-electron chi connectivity index (χ0n) is 25.0. The van der Waals surface area contributed by atoms with E-state index < -0.39 is 6.03 Å². The average Bonchev–Trinajstić information content (AvgIpc) is 3.57. The van der Waals surface area contributed by atoms with Crippen molar-refractivity contribution in [1.82, 2.24) is 19.7 Å². The molecule has 0 saturated carbocycles. The second kappa shape index (κ2) is 12.0. The topological polar surface area (TPSA) is 101 Å². The predicted molar refractivity (Wildman–Crippen MR) is 167 cm³/mol. The molecule has 10 heteroatoms. The molecule has 1 aliphatic heterocycles. The van der Waals surface area contributed by atoms with E-state index in [1.165, 1.54) is 11.3 Å². The second-order valence-electron chi connectivity index (χ2n) is 11.9. The number of pyridine rings is 1. The van der Waals surface area contributed by atoms with E-state index >= 15 is 0 Å². The molecule has 42 heavy (non-hydrogen) atoms. The van der Waals surface area contributed by atoms with Gasteiger partial charge in [-0.15, -0.1) is 11.3 Å². The molecule has 4 aromatic rings. The molecule has 3 amide bonds. The predicted octanol–water partition coefficient (Wildman–Crippen LogP) is 6.88. The quantitative estimate of drug-likeness (QED) is 0.257. The van der Waals surface area contributed by atoms with Gasteiger partial charge < -0.3 is 15.0 Å². The monoisotopic (exact) mass is 586 g/mol. The molecule has 3 aromatic heterocycles. The summed E-state index contributed by atoms with van der Waals surface area (Å²) in [4.78, 5) is 33.1. The molecule has 1 saturated heterocycles. The molecule has 0 spiro atoms. The highest BCUT2D eigenvalue weighted by atomic mass is 32.1. The number of hydrogen-bond donors (Lipinski definition) is 2. The van der Waals surface area contributed by atoms with Crippen LogP contribution in [-0.4, -0.2) is 50.8 Å². The average molecular weight is 587 g/mol. The first-order valence-corrected chi connectivity index (χ1v) is 15.1. The maximum atomic E-state index is 13.0. The Morgan fingerprint density at radius 1 is 0.976 bits per heavy atom. The van der Waals surface area contributed by atoms with Crippen molar-refractivity contribution in [2.75, 3.05) is 23.7 Å². The summed E-state index contributed by atoms with van der Waals surface area (Å²) in [5.74, 6) is 1.21. The van der Waals surface area contributed by atoms with Gasteiger partial charge in [0.15, 0.2) is 0 Å². The molecule has 5 rings (SSSR count). The van der Waals surface area contributed by atoms with Crippen LogP contribution in [0.3, 0.4) is 0 Å². The summed E-state index contributed by atoms with van der Waals surface area (Å²) >= 11 is 1.49. The third-order valence-electron chi connectivity index (χ3n) is 7.35. The fraction of sp³-hybridized carbons (Fsp3) is 0.375. The minimum Gasteiger partial charge on any atom is -0.474 e. The second-order valence-corrected chi connectivity index (χ2v) is 12.8. The van der Waals surface area contributed by atoms with Gasteiger partial charge >= 0.3 is 6.03 Å². The molecule has 1 aliphatic rings. The summed E-state index contributed by atoms with van der Waals surface area (Å²) < 4.78 is 7.96. The van der Waals surface area contributed by atoms with E-state index in [1.807, 2.05) is 73.5 Å². The number of aryl methyl sites for hydroxylation is 3. The number of urea groups is 1. The Morgan fingerprint density at radius 3 is 2.31 bits per heavy atom. The molecule has 220 valence electrons. The van der Waals surface area contributed by atoms with Gasteiger partial charge in [0, 0.05) is 43.0 Å². The summed E-state index contributed by atoms with van der Waals surface area (Å²) in [6, 6.07) is 13.3. The highest BCUT2D eigenvalue weighted by molar-refractivity contribution is 7.12. The smallest absolute Gasteiger partial charge is 0.324 e. The first-order valence-electron chi connectivity index (χ1n) is 14.2. The van der Waals surface area contributed by atoms with E-state index in [9.17, 15) is 9.59 Å². The van der Waals surface area contributed by atoms with Crippen molar-refractivity contribution in [1.29, 1.82) is 0 Å². The third-order valence-corrected chi connectivity index (χ3v) is 8.35. The minimum atomic E-state index is -0.392. The van der Waals surface area contributed by atoms with Gasteiger partial charge in [-0.2, -0.15) is 5.10 Å². The van der Waals surface area contributed by atoms with Crippen molar-refractivity contribution >= 4 is 34.8 Å². The highest BCUT2D eigenvalue weighted by Gasteiger charge is 2.27. The number of anilines is 2. The van der Waals surface area contributed by atoms with Gasteiger partial charge in [-0.1, -0.05) is 38.5 Å². The summed E-state index contributed by atoms with van der Waals surface area (Å²) in [5.41, 5.74) is 5.10. The number of nitrogens with zero attached hydrogens (tertiary/aromatic N) is 4. The van der Waals surface area contributed by atoms with E-state index in [2.05, 4.69) is 36.4 Å². The number of amides is 3. The Bertz CT molecular complexity index is 1580. The van der Waals surface area contributed by atoms with E-state index in [4.69, 9.17) is 9.84 Å². The Labute approximate surface area is 250 Å². The zero-order valence-corrected chi connectivity index (χ0v) is 25.8. The SMILES string of the molecule is Cc1ccc(-n2nc(C(C)(C)C)cc2NC(=O)Nc2cnc(OC3CCN(C(=O)c4sccc4C)CC3)c(C)c2)cc1. The molecule has 0 atom stereocenters. The number of rotatable bonds is 6. The molecule has 0 radical (unpaired) electrons. The van der Waals surface area contributed by atoms with E-state index in [1.54, 1.807) is 10.9 Å². The number of nitrogens with one attached hydrogen (secondary N) is 2. The maximum Gasteiger partial charge on any atom is 0.324 e. The van der Waals surface area contributed by atoms with Crippen LogP contribution in [0.15, 0.2) is 54.0 Å². The number of carbonyl (C=O) groups excluding carboxylic acids is 2. The fourth-order valence-corrected chi connectivity index (χ4v) is 5.71. The number of thiophene rings is 1. The Balaban J connectivity index is 1.20. The van der Waals surface area contributed by atoms with Crippen LogP contribution in [0.2, 0.25) is 0 Å². The highest BCUT2D eigenvalue weighted by Crippen LogP contribution is 2.28. The van der Waals surface area contributed by atoms with Crippen LogP contribution in [0.5, 0.6) is 5.88 Å². The number of carbonyl (C=O) groups is 2. The Morgan fingerprint density at radius 2 is 1.69 bits per heavy atom. The molecule has 1 aromatic carbocycles. The van der Waals surface area contributed by atoms with Crippen molar-refractivity contribution in [3.63, 3.8) is 0 Å². The number of hydrogen-bond acceptors (Lipinski definition) is 6. The molecule has 0 unspecified atom stereocenters. The summed E-state index contributed by atoms with van der Waals surface area (Å²) in [7, 11) is 0. The lowest BCUT2D eigenvalue weighted by molar-refractivity contribution is 0.0590. The van der Waals surface area contributed by atoms with Gasteiger partial charge in [-0.25, -0.2) is 14.5 Å². The van der Waals surface area contributed by atoms with Gasteiger partial charge in [0.05, 0.1) is 28.1 Å². The molecule has 4 heterocycles. The van der Waals surface area contributed by atoms with Crippen molar-refractivity contribution in [3.8, 4) is 11.6 Å². The first kappa shape index (κ1) is 29.3. The molecular formula is C32H38N6O3S.